The Kier molecular flexibility index (Phi) is 3.80. The van der Waals surface area contributed by atoms with Crippen molar-refractivity contribution < 1.29 is 23.1 Å². The zero-order valence-corrected chi connectivity index (χ0v) is 10.2. The Morgan fingerprint density at radius 2 is 2.16 bits per heavy atom. The van der Waals surface area contributed by atoms with Crippen molar-refractivity contribution in [1.29, 1.82) is 0 Å². The molecule has 0 radical (unpaired) electrons. The number of nitrogens with one attached hydrogen (secondary N) is 1. The third-order valence-corrected chi connectivity index (χ3v) is 2.66. The summed E-state index contributed by atoms with van der Waals surface area (Å²) in [5.41, 5.74) is 1.57. The van der Waals surface area contributed by atoms with Crippen molar-refractivity contribution in [2.24, 2.45) is 0 Å². The van der Waals surface area contributed by atoms with E-state index in [9.17, 15) is 13.6 Å². The molecule has 102 valence electrons. The standard InChI is InChI=1S/C13H13F2NO3/c1-7-2-3-10-8(4-7)5-11(19-10)13(18)16-6-9(17)12(14)15/h2-5,9,12,17H,6H2,1H3,(H,16,18). The summed E-state index contributed by atoms with van der Waals surface area (Å²) in [6, 6.07) is 6.96. The minimum Gasteiger partial charge on any atom is -0.451 e. The first-order chi connectivity index (χ1) is 8.97. The minimum atomic E-state index is -2.89. The van der Waals surface area contributed by atoms with Crippen molar-refractivity contribution in [3.05, 3.63) is 35.6 Å². The van der Waals surface area contributed by atoms with Gasteiger partial charge in [-0.2, -0.15) is 0 Å². The molecule has 0 aliphatic carbocycles. The zero-order chi connectivity index (χ0) is 14.0. The first kappa shape index (κ1) is 13.5. The van der Waals surface area contributed by atoms with Gasteiger partial charge in [-0.25, -0.2) is 8.78 Å². The first-order valence-electron chi connectivity index (χ1n) is 5.72. The number of alkyl halides is 2. The smallest absolute Gasteiger partial charge is 0.287 e. The maximum atomic E-state index is 12.1. The van der Waals surface area contributed by atoms with Crippen LogP contribution in [0, 0.1) is 6.92 Å². The van der Waals surface area contributed by atoms with E-state index in [2.05, 4.69) is 5.32 Å². The Labute approximate surface area is 108 Å². The summed E-state index contributed by atoms with van der Waals surface area (Å²) >= 11 is 0. The number of hydrogen-bond acceptors (Lipinski definition) is 3. The summed E-state index contributed by atoms with van der Waals surface area (Å²) in [7, 11) is 0. The number of rotatable bonds is 4. The molecule has 6 heteroatoms. The van der Waals surface area contributed by atoms with Gasteiger partial charge in [-0.3, -0.25) is 4.79 Å². The number of hydrogen-bond donors (Lipinski definition) is 2. The van der Waals surface area contributed by atoms with Crippen LogP contribution in [0.5, 0.6) is 0 Å². The molecule has 1 aromatic heterocycles. The average Bonchev–Trinajstić information content (AvgIpc) is 2.78. The molecule has 0 saturated heterocycles. The lowest BCUT2D eigenvalue weighted by molar-refractivity contribution is -0.00282. The third kappa shape index (κ3) is 3.08. The molecular formula is C13H13F2NO3. The largest absolute Gasteiger partial charge is 0.451 e. The second kappa shape index (κ2) is 5.36. The zero-order valence-electron chi connectivity index (χ0n) is 10.2. The van der Waals surface area contributed by atoms with Crippen LogP contribution in [0.15, 0.2) is 28.7 Å². The van der Waals surface area contributed by atoms with Crippen LogP contribution in [0.2, 0.25) is 0 Å². The van der Waals surface area contributed by atoms with E-state index in [0.717, 1.165) is 10.9 Å². The number of amides is 1. The number of furan rings is 1. The molecule has 1 atom stereocenters. The number of carbonyl (C=O) groups is 1. The predicted molar refractivity (Wildman–Crippen MR) is 65.3 cm³/mol. The second-order valence-corrected chi connectivity index (χ2v) is 4.26. The number of halogens is 2. The highest BCUT2D eigenvalue weighted by molar-refractivity contribution is 5.96. The van der Waals surface area contributed by atoms with Gasteiger partial charge < -0.3 is 14.8 Å². The van der Waals surface area contributed by atoms with E-state index in [0.29, 0.717) is 5.58 Å². The van der Waals surface area contributed by atoms with Gasteiger partial charge in [0, 0.05) is 11.9 Å². The predicted octanol–water partition coefficient (Wildman–Crippen LogP) is 2.10. The lowest BCUT2D eigenvalue weighted by Gasteiger charge is -2.09. The number of fused-ring (bicyclic) bond motifs is 1. The first-order valence-corrected chi connectivity index (χ1v) is 5.72. The van der Waals surface area contributed by atoms with Crippen molar-refractivity contribution >= 4 is 16.9 Å². The maximum absolute atomic E-state index is 12.1. The maximum Gasteiger partial charge on any atom is 0.287 e. The van der Waals surface area contributed by atoms with E-state index < -0.39 is 25.0 Å². The van der Waals surface area contributed by atoms with Crippen LogP contribution in [-0.4, -0.2) is 30.1 Å². The molecule has 0 spiro atoms. The van der Waals surface area contributed by atoms with Gasteiger partial charge in [0.25, 0.3) is 12.3 Å². The van der Waals surface area contributed by atoms with Gasteiger partial charge in [0.15, 0.2) is 5.76 Å². The van der Waals surface area contributed by atoms with E-state index >= 15 is 0 Å². The molecular weight excluding hydrogens is 256 g/mol. The van der Waals surface area contributed by atoms with Crippen molar-refractivity contribution in [3.8, 4) is 0 Å². The number of aliphatic hydroxyl groups is 1. The fraction of sp³-hybridized carbons (Fsp3) is 0.308. The van der Waals surface area contributed by atoms with Crippen LogP contribution in [0.25, 0.3) is 11.0 Å². The lowest BCUT2D eigenvalue weighted by Crippen LogP contribution is -2.35. The molecule has 0 fully saturated rings. The Morgan fingerprint density at radius 1 is 1.42 bits per heavy atom. The van der Waals surface area contributed by atoms with Gasteiger partial charge >= 0.3 is 0 Å². The molecule has 0 saturated carbocycles. The molecule has 0 bridgehead atoms. The van der Waals surface area contributed by atoms with Crippen molar-refractivity contribution in [2.45, 2.75) is 19.5 Å². The van der Waals surface area contributed by atoms with Crippen LogP contribution in [0.1, 0.15) is 16.1 Å². The number of aliphatic hydroxyl groups excluding tert-OH is 1. The highest BCUT2D eigenvalue weighted by Gasteiger charge is 2.19. The highest BCUT2D eigenvalue weighted by atomic mass is 19.3. The molecule has 1 aromatic carbocycles. The quantitative estimate of drug-likeness (QED) is 0.893. The van der Waals surface area contributed by atoms with E-state index in [4.69, 9.17) is 9.52 Å². The van der Waals surface area contributed by atoms with Gasteiger partial charge in [0.1, 0.15) is 11.7 Å². The monoisotopic (exact) mass is 269 g/mol. The Bertz CT molecular complexity index is 595. The fourth-order valence-corrected chi connectivity index (χ4v) is 1.65. The summed E-state index contributed by atoms with van der Waals surface area (Å²) in [4.78, 5) is 11.7. The summed E-state index contributed by atoms with van der Waals surface area (Å²) in [6.07, 6.45) is -4.77. The van der Waals surface area contributed by atoms with Crippen LogP contribution >= 0.6 is 0 Å². The molecule has 1 heterocycles. The Balaban J connectivity index is 2.09. The fourth-order valence-electron chi connectivity index (χ4n) is 1.65. The molecule has 0 aliphatic rings. The van der Waals surface area contributed by atoms with Crippen LogP contribution in [-0.2, 0) is 0 Å². The molecule has 0 aliphatic heterocycles. The topological polar surface area (TPSA) is 62.5 Å². The van der Waals surface area contributed by atoms with Gasteiger partial charge in [-0.05, 0) is 25.1 Å². The summed E-state index contributed by atoms with van der Waals surface area (Å²) < 4.78 is 29.4. The Morgan fingerprint density at radius 3 is 2.84 bits per heavy atom. The minimum absolute atomic E-state index is 0.0297. The third-order valence-electron chi connectivity index (χ3n) is 2.66. The molecule has 4 nitrogen and oxygen atoms in total. The van der Waals surface area contributed by atoms with Gasteiger partial charge in [0.05, 0.1) is 0 Å². The average molecular weight is 269 g/mol. The molecule has 1 unspecified atom stereocenters. The molecule has 1 amide bonds. The van der Waals surface area contributed by atoms with Crippen molar-refractivity contribution in [3.63, 3.8) is 0 Å². The number of aryl methyl sites for hydroxylation is 1. The normalized spacial score (nSPS) is 12.9. The van der Waals surface area contributed by atoms with E-state index in [1.54, 1.807) is 6.07 Å². The van der Waals surface area contributed by atoms with Crippen molar-refractivity contribution in [1.82, 2.24) is 5.32 Å². The van der Waals surface area contributed by atoms with Crippen LogP contribution < -0.4 is 5.32 Å². The Hall–Kier alpha value is -1.95. The summed E-state index contributed by atoms with van der Waals surface area (Å²) in [6.45, 7) is 1.39. The summed E-state index contributed by atoms with van der Waals surface area (Å²) in [5.74, 6) is -0.601. The second-order valence-electron chi connectivity index (χ2n) is 4.26. The molecule has 2 rings (SSSR count). The number of carbonyl (C=O) groups excluding carboxylic acids is 1. The van der Waals surface area contributed by atoms with Gasteiger partial charge in [0.2, 0.25) is 0 Å². The highest BCUT2D eigenvalue weighted by Crippen LogP contribution is 2.20. The molecule has 19 heavy (non-hydrogen) atoms. The molecule has 2 aromatic rings. The summed E-state index contributed by atoms with van der Waals surface area (Å²) in [5, 5.41) is 11.9. The molecule has 2 N–H and O–H groups in total. The van der Waals surface area contributed by atoms with E-state index in [1.165, 1.54) is 6.07 Å². The lowest BCUT2D eigenvalue weighted by atomic mass is 10.2. The SMILES string of the molecule is Cc1ccc2oc(C(=O)NCC(O)C(F)F)cc2c1. The van der Waals surface area contributed by atoms with E-state index in [1.807, 2.05) is 19.1 Å². The van der Waals surface area contributed by atoms with Gasteiger partial charge in [-0.15, -0.1) is 0 Å². The number of benzene rings is 1. The van der Waals surface area contributed by atoms with Gasteiger partial charge in [-0.1, -0.05) is 11.6 Å². The van der Waals surface area contributed by atoms with Crippen LogP contribution in [0.4, 0.5) is 8.78 Å². The van der Waals surface area contributed by atoms with E-state index in [-0.39, 0.29) is 5.76 Å². The van der Waals surface area contributed by atoms with Crippen molar-refractivity contribution in [2.75, 3.05) is 6.54 Å². The van der Waals surface area contributed by atoms with Crippen LogP contribution in [0.3, 0.4) is 0 Å².